The fourth-order valence-corrected chi connectivity index (χ4v) is 2.82. The highest BCUT2D eigenvalue weighted by Gasteiger charge is 2.21. The molecule has 0 heterocycles. The monoisotopic (exact) mass is 276 g/mol. The summed E-state index contributed by atoms with van der Waals surface area (Å²) in [5.41, 5.74) is -0.319. The standard InChI is InChI=1S/C12H14Cl2OS/c1-12(2,3)10(15)7-16-11-8(13)5-4-6-9(11)14/h4-6H,7H2,1-3H3. The van der Waals surface area contributed by atoms with Crippen LogP contribution in [0.2, 0.25) is 10.0 Å². The van der Waals surface area contributed by atoms with E-state index in [1.807, 2.05) is 20.8 Å². The van der Waals surface area contributed by atoms with Gasteiger partial charge >= 0.3 is 0 Å². The normalized spacial score (nSPS) is 11.6. The van der Waals surface area contributed by atoms with E-state index >= 15 is 0 Å². The predicted molar refractivity (Wildman–Crippen MR) is 71.6 cm³/mol. The summed E-state index contributed by atoms with van der Waals surface area (Å²) in [5, 5.41) is 1.19. The van der Waals surface area contributed by atoms with Gasteiger partial charge in [0.25, 0.3) is 0 Å². The van der Waals surface area contributed by atoms with Gasteiger partial charge in [-0.3, -0.25) is 4.79 Å². The van der Waals surface area contributed by atoms with Gasteiger partial charge in [-0.15, -0.1) is 11.8 Å². The van der Waals surface area contributed by atoms with Gasteiger partial charge in [-0.05, 0) is 12.1 Å². The number of ketones is 1. The number of hydrogen-bond acceptors (Lipinski definition) is 2. The van der Waals surface area contributed by atoms with Crippen molar-refractivity contribution >= 4 is 40.7 Å². The van der Waals surface area contributed by atoms with Crippen LogP contribution in [-0.4, -0.2) is 11.5 Å². The fourth-order valence-electron chi connectivity index (χ4n) is 0.975. The third kappa shape index (κ3) is 3.69. The summed E-state index contributed by atoms with van der Waals surface area (Å²) >= 11 is 13.4. The number of Topliss-reactive ketones (excluding diaryl/α,β-unsaturated/α-hetero) is 1. The molecule has 1 nitrogen and oxygen atoms in total. The van der Waals surface area contributed by atoms with Crippen molar-refractivity contribution in [2.45, 2.75) is 25.7 Å². The molecule has 0 atom stereocenters. The smallest absolute Gasteiger partial charge is 0.148 e. The molecule has 0 N–H and O–H groups in total. The van der Waals surface area contributed by atoms with Gasteiger partial charge in [0.1, 0.15) is 5.78 Å². The van der Waals surface area contributed by atoms with Gasteiger partial charge in [-0.25, -0.2) is 0 Å². The molecule has 0 aromatic heterocycles. The molecule has 0 amide bonds. The summed E-state index contributed by atoms with van der Waals surface area (Å²) in [6, 6.07) is 5.34. The fraction of sp³-hybridized carbons (Fsp3) is 0.417. The Morgan fingerprint density at radius 2 is 1.75 bits per heavy atom. The molecule has 0 saturated carbocycles. The van der Waals surface area contributed by atoms with Gasteiger partial charge in [0.05, 0.1) is 15.8 Å². The van der Waals surface area contributed by atoms with Crippen molar-refractivity contribution in [3.63, 3.8) is 0 Å². The van der Waals surface area contributed by atoms with Crippen molar-refractivity contribution in [2.24, 2.45) is 5.41 Å². The first-order chi connectivity index (χ1) is 7.32. The molecule has 88 valence electrons. The molecule has 0 bridgehead atoms. The van der Waals surface area contributed by atoms with Crippen molar-refractivity contribution in [3.05, 3.63) is 28.2 Å². The molecule has 0 radical (unpaired) electrons. The maximum atomic E-state index is 11.8. The van der Waals surface area contributed by atoms with Crippen LogP contribution in [0.15, 0.2) is 23.1 Å². The van der Waals surface area contributed by atoms with Crippen molar-refractivity contribution < 1.29 is 4.79 Å². The molecule has 1 aromatic rings. The van der Waals surface area contributed by atoms with Crippen molar-refractivity contribution in [1.82, 2.24) is 0 Å². The first kappa shape index (κ1) is 13.9. The number of carbonyl (C=O) groups excluding carboxylic acids is 1. The van der Waals surface area contributed by atoms with E-state index in [0.29, 0.717) is 15.8 Å². The molecule has 0 aliphatic carbocycles. The molecule has 1 aromatic carbocycles. The minimum atomic E-state index is -0.319. The molecule has 16 heavy (non-hydrogen) atoms. The Hall–Kier alpha value is -0.180. The second-order valence-corrected chi connectivity index (χ2v) is 6.31. The molecule has 0 fully saturated rings. The SMILES string of the molecule is CC(C)(C)C(=O)CSc1c(Cl)cccc1Cl. The minimum absolute atomic E-state index is 0.188. The lowest BCUT2D eigenvalue weighted by Gasteiger charge is -2.16. The van der Waals surface area contributed by atoms with Crippen molar-refractivity contribution in [3.8, 4) is 0 Å². The van der Waals surface area contributed by atoms with Crippen LogP contribution in [0, 0.1) is 5.41 Å². The summed E-state index contributed by atoms with van der Waals surface area (Å²) in [4.78, 5) is 12.5. The van der Waals surface area contributed by atoms with E-state index in [9.17, 15) is 4.79 Å². The number of hydrogen-bond donors (Lipinski definition) is 0. The van der Waals surface area contributed by atoms with E-state index in [1.54, 1.807) is 18.2 Å². The van der Waals surface area contributed by atoms with Gasteiger partial charge in [-0.2, -0.15) is 0 Å². The van der Waals surface area contributed by atoms with E-state index in [4.69, 9.17) is 23.2 Å². The third-order valence-electron chi connectivity index (χ3n) is 2.10. The lowest BCUT2D eigenvalue weighted by Crippen LogP contribution is -2.21. The quantitative estimate of drug-likeness (QED) is 0.745. The molecule has 0 saturated heterocycles. The maximum Gasteiger partial charge on any atom is 0.148 e. The number of benzene rings is 1. The second kappa shape index (κ2) is 5.44. The molecule has 0 spiro atoms. The van der Waals surface area contributed by atoms with Gasteiger partial charge < -0.3 is 0 Å². The summed E-state index contributed by atoms with van der Waals surface area (Å²) in [6.07, 6.45) is 0. The highest BCUT2D eigenvalue weighted by Crippen LogP contribution is 2.34. The summed E-state index contributed by atoms with van der Waals surface area (Å²) in [6.45, 7) is 5.72. The number of rotatable bonds is 3. The highest BCUT2D eigenvalue weighted by molar-refractivity contribution is 8.00. The van der Waals surface area contributed by atoms with E-state index in [1.165, 1.54) is 11.8 Å². The lowest BCUT2D eigenvalue weighted by molar-refractivity contribution is -0.123. The largest absolute Gasteiger partial charge is 0.298 e. The van der Waals surface area contributed by atoms with Crippen molar-refractivity contribution in [2.75, 3.05) is 5.75 Å². The van der Waals surface area contributed by atoms with Crippen LogP contribution in [0.25, 0.3) is 0 Å². The predicted octanol–water partition coefficient (Wildman–Crippen LogP) is 4.70. The topological polar surface area (TPSA) is 17.1 Å². The van der Waals surface area contributed by atoms with Gasteiger partial charge in [-0.1, -0.05) is 50.0 Å². The van der Waals surface area contributed by atoms with Crippen LogP contribution in [0.5, 0.6) is 0 Å². The molecule has 0 aliphatic heterocycles. The van der Waals surface area contributed by atoms with Crippen LogP contribution in [0.4, 0.5) is 0 Å². The Morgan fingerprint density at radius 3 is 2.19 bits per heavy atom. The zero-order chi connectivity index (χ0) is 12.3. The average molecular weight is 277 g/mol. The Kier molecular flexibility index (Phi) is 4.72. The number of carbonyl (C=O) groups is 1. The van der Waals surface area contributed by atoms with E-state index in [0.717, 1.165) is 4.90 Å². The van der Waals surface area contributed by atoms with Crippen LogP contribution < -0.4 is 0 Å². The zero-order valence-electron chi connectivity index (χ0n) is 9.51. The first-order valence-corrected chi connectivity index (χ1v) is 6.66. The minimum Gasteiger partial charge on any atom is -0.298 e. The Labute approximate surface area is 111 Å². The first-order valence-electron chi connectivity index (χ1n) is 4.92. The van der Waals surface area contributed by atoms with Gasteiger partial charge in [0, 0.05) is 10.3 Å². The Balaban J connectivity index is 2.73. The third-order valence-corrected chi connectivity index (χ3v) is 4.09. The summed E-state index contributed by atoms with van der Waals surface area (Å²) < 4.78 is 0. The van der Waals surface area contributed by atoms with E-state index in [2.05, 4.69) is 0 Å². The molecular formula is C12H14Cl2OS. The average Bonchev–Trinajstić information content (AvgIpc) is 2.15. The zero-order valence-corrected chi connectivity index (χ0v) is 11.8. The molecule has 0 aliphatic rings. The lowest BCUT2D eigenvalue weighted by atomic mass is 9.92. The molecule has 4 heteroatoms. The van der Waals surface area contributed by atoms with E-state index < -0.39 is 0 Å². The van der Waals surface area contributed by atoms with Gasteiger partial charge in [0.15, 0.2) is 0 Å². The van der Waals surface area contributed by atoms with E-state index in [-0.39, 0.29) is 11.2 Å². The summed E-state index contributed by atoms with van der Waals surface area (Å²) in [7, 11) is 0. The van der Waals surface area contributed by atoms with Crippen molar-refractivity contribution in [1.29, 1.82) is 0 Å². The highest BCUT2D eigenvalue weighted by atomic mass is 35.5. The maximum absolute atomic E-state index is 11.8. The van der Waals surface area contributed by atoms with Crippen LogP contribution >= 0.6 is 35.0 Å². The number of thioether (sulfide) groups is 1. The van der Waals surface area contributed by atoms with Crippen LogP contribution in [-0.2, 0) is 4.79 Å². The van der Waals surface area contributed by atoms with Crippen LogP contribution in [0.1, 0.15) is 20.8 Å². The molecular weight excluding hydrogens is 263 g/mol. The van der Waals surface area contributed by atoms with Gasteiger partial charge in [0.2, 0.25) is 0 Å². The molecule has 1 rings (SSSR count). The second-order valence-electron chi connectivity index (χ2n) is 4.51. The Morgan fingerprint density at radius 1 is 1.25 bits per heavy atom. The Bertz CT molecular complexity index is 376. The van der Waals surface area contributed by atoms with Crippen LogP contribution in [0.3, 0.4) is 0 Å². The summed E-state index contributed by atoms with van der Waals surface area (Å²) in [5.74, 6) is 0.584. The number of halogens is 2. The molecule has 0 unspecified atom stereocenters.